The Hall–Kier alpha value is -2.74. The predicted octanol–water partition coefficient (Wildman–Crippen LogP) is 3.00. The second-order valence-corrected chi connectivity index (χ2v) is 10.4. The summed E-state index contributed by atoms with van der Waals surface area (Å²) in [4.78, 5) is 20.1. The average Bonchev–Trinajstić information content (AvgIpc) is 3.47. The molecule has 2 aliphatic rings. The van der Waals surface area contributed by atoms with Crippen molar-refractivity contribution in [1.82, 2.24) is 19.7 Å². The minimum Gasteiger partial charge on any atom is -0.339 e. The molecule has 2 aromatic heterocycles. The first kappa shape index (κ1) is 19.2. The monoisotopic (exact) mass is 424 g/mol. The lowest BCUT2D eigenvalue weighted by Gasteiger charge is -2.17. The lowest BCUT2D eigenvalue weighted by Crippen LogP contribution is -2.28. The number of nitrogens with zero attached hydrogens (tertiary/aromatic N) is 4. The van der Waals surface area contributed by atoms with Gasteiger partial charge in [0.2, 0.25) is 0 Å². The van der Waals surface area contributed by atoms with Crippen LogP contribution in [0.4, 0.5) is 0 Å². The summed E-state index contributed by atoms with van der Waals surface area (Å²) in [6.07, 6.45) is 2.55. The molecule has 0 bridgehead atoms. The normalized spacial score (nSPS) is 20.8. The highest BCUT2D eigenvalue weighted by Crippen LogP contribution is 2.33. The molecule has 1 amide bonds. The third-order valence-corrected chi connectivity index (χ3v) is 7.83. The molecule has 30 heavy (non-hydrogen) atoms. The molecule has 4 heterocycles. The van der Waals surface area contributed by atoms with E-state index in [0.29, 0.717) is 29.0 Å². The quantitative estimate of drug-likeness (QED) is 0.645. The number of rotatable bonds is 3. The van der Waals surface area contributed by atoms with Crippen LogP contribution in [0.25, 0.3) is 22.3 Å². The van der Waals surface area contributed by atoms with E-state index in [1.165, 1.54) is 0 Å². The van der Waals surface area contributed by atoms with Crippen molar-refractivity contribution >= 4 is 26.8 Å². The highest BCUT2D eigenvalue weighted by molar-refractivity contribution is 7.91. The van der Waals surface area contributed by atoms with Crippen LogP contribution >= 0.6 is 0 Å². The van der Waals surface area contributed by atoms with Gasteiger partial charge in [-0.2, -0.15) is 5.10 Å². The van der Waals surface area contributed by atoms with Crippen molar-refractivity contribution in [3.63, 3.8) is 0 Å². The SMILES string of the molecule is Cc1nn(C2CCS(=O)(=O)C2)c2nc(-c3ccccc3)cc(C(=O)N3CCCC3)c12. The molecule has 0 spiro atoms. The number of likely N-dealkylation sites (tertiary alicyclic amines) is 1. The molecule has 0 saturated carbocycles. The van der Waals surface area contributed by atoms with Gasteiger partial charge in [-0.3, -0.25) is 4.79 Å². The van der Waals surface area contributed by atoms with Crippen LogP contribution in [0, 0.1) is 6.92 Å². The standard InChI is InChI=1S/C22H24N4O3S/c1-15-20-18(22(27)25-10-5-6-11-25)13-19(16-7-3-2-4-8-16)23-21(20)26(24-15)17-9-12-30(28,29)14-17/h2-4,7-8,13,17H,5-6,9-12,14H2,1H3. The molecule has 2 fully saturated rings. The minimum absolute atomic E-state index is 0.00113. The number of sulfone groups is 1. The number of hydrogen-bond donors (Lipinski definition) is 0. The van der Waals surface area contributed by atoms with Crippen LogP contribution in [-0.4, -0.2) is 58.6 Å². The highest BCUT2D eigenvalue weighted by Gasteiger charge is 2.33. The number of fused-ring (bicyclic) bond motifs is 1. The van der Waals surface area contributed by atoms with E-state index >= 15 is 0 Å². The second kappa shape index (κ2) is 7.19. The molecule has 1 unspecified atom stereocenters. The Balaban J connectivity index is 1.72. The molecule has 8 heteroatoms. The Bertz CT molecular complexity index is 1230. The molecule has 3 aromatic rings. The van der Waals surface area contributed by atoms with E-state index in [2.05, 4.69) is 5.10 Å². The van der Waals surface area contributed by atoms with Crippen LogP contribution < -0.4 is 0 Å². The topological polar surface area (TPSA) is 85.2 Å². The fraction of sp³-hybridized carbons (Fsp3) is 0.409. The van der Waals surface area contributed by atoms with Gasteiger partial charge in [0.25, 0.3) is 5.91 Å². The molecule has 0 aliphatic carbocycles. The fourth-order valence-corrected chi connectivity index (χ4v) is 6.24. The number of benzene rings is 1. The number of pyridine rings is 1. The largest absolute Gasteiger partial charge is 0.339 e. The van der Waals surface area contributed by atoms with E-state index in [-0.39, 0.29) is 23.5 Å². The fourth-order valence-electron chi connectivity index (χ4n) is 4.55. The lowest BCUT2D eigenvalue weighted by atomic mass is 10.0. The summed E-state index contributed by atoms with van der Waals surface area (Å²) in [5.41, 5.74) is 3.53. The van der Waals surface area contributed by atoms with Gasteiger partial charge >= 0.3 is 0 Å². The zero-order valence-electron chi connectivity index (χ0n) is 16.9. The molecule has 1 atom stereocenters. The summed E-state index contributed by atoms with van der Waals surface area (Å²) < 4.78 is 25.9. The summed E-state index contributed by atoms with van der Waals surface area (Å²) in [6, 6.07) is 11.4. The van der Waals surface area contributed by atoms with E-state index < -0.39 is 9.84 Å². The smallest absolute Gasteiger partial charge is 0.254 e. The van der Waals surface area contributed by atoms with E-state index in [0.717, 1.165) is 36.9 Å². The van der Waals surface area contributed by atoms with Gasteiger partial charge < -0.3 is 4.90 Å². The van der Waals surface area contributed by atoms with Crippen molar-refractivity contribution in [1.29, 1.82) is 0 Å². The van der Waals surface area contributed by atoms with Gasteiger partial charge in [0.15, 0.2) is 15.5 Å². The molecule has 156 valence electrons. The zero-order chi connectivity index (χ0) is 20.9. The van der Waals surface area contributed by atoms with Crippen LogP contribution in [0.3, 0.4) is 0 Å². The van der Waals surface area contributed by atoms with Crippen molar-refractivity contribution in [2.24, 2.45) is 0 Å². The Labute approximate surface area is 175 Å². The van der Waals surface area contributed by atoms with E-state index in [1.54, 1.807) is 4.68 Å². The number of hydrogen-bond acceptors (Lipinski definition) is 5. The third kappa shape index (κ3) is 3.29. The summed E-state index contributed by atoms with van der Waals surface area (Å²) in [7, 11) is -3.07. The van der Waals surface area contributed by atoms with Crippen LogP contribution in [0.1, 0.15) is 41.4 Å². The predicted molar refractivity (Wildman–Crippen MR) is 115 cm³/mol. The van der Waals surface area contributed by atoms with Gasteiger partial charge in [-0.1, -0.05) is 30.3 Å². The van der Waals surface area contributed by atoms with Gasteiger partial charge in [0.1, 0.15) is 0 Å². The van der Waals surface area contributed by atoms with Gasteiger partial charge in [-0.15, -0.1) is 0 Å². The van der Waals surface area contributed by atoms with Crippen LogP contribution in [0.5, 0.6) is 0 Å². The molecular weight excluding hydrogens is 400 g/mol. The highest BCUT2D eigenvalue weighted by atomic mass is 32.2. The molecule has 0 N–H and O–H groups in total. The summed E-state index contributed by atoms with van der Waals surface area (Å²) >= 11 is 0. The zero-order valence-corrected chi connectivity index (χ0v) is 17.7. The Morgan fingerprint density at radius 1 is 1.13 bits per heavy atom. The van der Waals surface area contributed by atoms with Crippen molar-refractivity contribution in [2.75, 3.05) is 24.6 Å². The van der Waals surface area contributed by atoms with Crippen molar-refractivity contribution in [3.8, 4) is 11.3 Å². The van der Waals surface area contributed by atoms with Crippen molar-refractivity contribution < 1.29 is 13.2 Å². The van der Waals surface area contributed by atoms with E-state index in [9.17, 15) is 13.2 Å². The van der Waals surface area contributed by atoms with E-state index in [1.807, 2.05) is 48.2 Å². The Kier molecular flexibility index (Phi) is 4.61. The van der Waals surface area contributed by atoms with Gasteiger partial charge in [0.05, 0.1) is 39.9 Å². The second-order valence-electron chi connectivity index (χ2n) is 8.21. The van der Waals surface area contributed by atoms with Gasteiger partial charge in [0, 0.05) is 18.7 Å². The number of aromatic nitrogens is 3. The number of carbonyl (C=O) groups is 1. The maximum Gasteiger partial charge on any atom is 0.254 e. The maximum absolute atomic E-state index is 13.4. The first-order valence-electron chi connectivity index (χ1n) is 10.4. The summed E-state index contributed by atoms with van der Waals surface area (Å²) in [5, 5.41) is 5.39. The third-order valence-electron chi connectivity index (χ3n) is 6.08. The Morgan fingerprint density at radius 2 is 1.87 bits per heavy atom. The number of carbonyl (C=O) groups excluding carboxylic acids is 1. The molecular formula is C22H24N4O3S. The van der Waals surface area contributed by atoms with Crippen LogP contribution in [0.2, 0.25) is 0 Å². The molecule has 1 aromatic carbocycles. The van der Waals surface area contributed by atoms with Crippen LogP contribution in [0.15, 0.2) is 36.4 Å². The van der Waals surface area contributed by atoms with E-state index in [4.69, 9.17) is 4.98 Å². The molecule has 2 aliphatic heterocycles. The molecule has 5 rings (SSSR count). The minimum atomic E-state index is -3.07. The summed E-state index contributed by atoms with van der Waals surface area (Å²) in [6.45, 7) is 3.39. The average molecular weight is 425 g/mol. The first-order chi connectivity index (χ1) is 14.4. The lowest BCUT2D eigenvalue weighted by molar-refractivity contribution is 0.0794. The molecule has 0 radical (unpaired) electrons. The molecule has 2 saturated heterocycles. The van der Waals surface area contributed by atoms with Crippen molar-refractivity contribution in [2.45, 2.75) is 32.2 Å². The van der Waals surface area contributed by atoms with Crippen LogP contribution in [-0.2, 0) is 9.84 Å². The van der Waals surface area contributed by atoms with Crippen molar-refractivity contribution in [3.05, 3.63) is 47.7 Å². The van der Waals surface area contributed by atoms with Gasteiger partial charge in [-0.25, -0.2) is 18.1 Å². The maximum atomic E-state index is 13.4. The van der Waals surface area contributed by atoms with Gasteiger partial charge in [-0.05, 0) is 32.3 Å². The molecule has 7 nitrogen and oxygen atoms in total. The first-order valence-corrected chi connectivity index (χ1v) is 12.2. The number of amides is 1. The number of aryl methyl sites for hydroxylation is 1. The summed E-state index contributed by atoms with van der Waals surface area (Å²) in [5.74, 6) is 0.227. The Morgan fingerprint density at radius 3 is 2.53 bits per heavy atom.